The van der Waals surface area contributed by atoms with E-state index in [1.54, 1.807) is 0 Å². The fourth-order valence-electron chi connectivity index (χ4n) is 4.16. The molecule has 0 aliphatic carbocycles. The van der Waals surface area contributed by atoms with Gasteiger partial charge in [0, 0.05) is 31.7 Å². The molecule has 0 bridgehead atoms. The average molecular weight is 528 g/mol. The van der Waals surface area contributed by atoms with E-state index in [0.717, 1.165) is 53.3 Å². The molecule has 1 aliphatic rings. The van der Waals surface area contributed by atoms with Gasteiger partial charge in [-0.2, -0.15) is 13.2 Å². The summed E-state index contributed by atoms with van der Waals surface area (Å²) in [6, 6.07) is 17.1. The van der Waals surface area contributed by atoms with Crippen LogP contribution in [0.5, 0.6) is 0 Å². The van der Waals surface area contributed by atoms with Crippen molar-refractivity contribution >= 4 is 39.8 Å². The van der Waals surface area contributed by atoms with E-state index in [1.807, 2.05) is 54.4 Å². The van der Waals surface area contributed by atoms with Crippen LogP contribution in [-0.2, 0) is 11.0 Å². The quantitative estimate of drug-likeness (QED) is 0.337. The second-order valence-corrected chi connectivity index (χ2v) is 9.72. The second kappa shape index (κ2) is 10.4. The Hall–Kier alpha value is -3.57. The van der Waals surface area contributed by atoms with Gasteiger partial charge in [0.15, 0.2) is 0 Å². The maximum absolute atomic E-state index is 13.4. The van der Waals surface area contributed by atoms with Gasteiger partial charge >= 0.3 is 6.18 Å². The fourth-order valence-corrected chi connectivity index (χ4v) is 4.72. The Bertz CT molecular complexity index is 1420. The van der Waals surface area contributed by atoms with Crippen LogP contribution in [0.15, 0.2) is 70.3 Å². The molecule has 1 amide bonds. The van der Waals surface area contributed by atoms with Crippen molar-refractivity contribution in [3.8, 4) is 11.5 Å². The lowest BCUT2D eigenvalue weighted by atomic mass is 10.1. The number of carbonyl (C=O) groups is 1. The van der Waals surface area contributed by atoms with E-state index in [-0.39, 0.29) is 16.7 Å². The van der Waals surface area contributed by atoms with Gasteiger partial charge in [-0.15, -0.1) is 10.2 Å². The molecule has 1 saturated heterocycles. The molecule has 192 valence electrons. The van der Waals surface area contributed by atoms with Gasteiger partial charge in [-0.1, -0.05) is 42.1 Å². The van der Waals surface area contributed by atoms with Crippen molar-refractivity contribution in [3.05, 3.63) is 66.2 Å². The Kier molecular flexibility index (Phi) is 7.07. The number of halogens is 3. The Labute approximate surface area is 215 Å². The number of fused-ring (bicyclic) bond motifs is 1. The third kappa shape index (κ3) is 5.89. The normalized spacial score (nSPS) is 14.8. The summed E-state index contributed by atoms with van der Waals surface area (Å²) >= 11 is 1.02. The van der Waals surface area contributed by atoms with Crippen LogP contribution in [0.2, 0.25) is 0 Å². The predicted molar refractivity (Wildman–Crippen MR) is 138 cm³/mol. The second-order valence-electron chi connectivity index (χ2n) is 8.79. The number of aromatic nitrogens is 2. The van der Waals surface area contributed by atoms with Gasteiger partial charge in [-0.25, -0.2) is 0 Å². The monoisotopic (exact) mass is 527 g/mol. The van der Waals surface area contributed by atoms with Gasteiger partial charge in [-0.3, -0.25) is 4.79 Å². The van der Waals surface area contributed by atoms with Crippen LogP contribution in [0.25, 0.3) is 22.2 Å². The van der Waals surface area contributed by atoms with E-state index in [0.29, 0.717) is 24.7 Å². The maximum atomic E-state index is 13.4. The summed E-state index contributed by atoms with van der Waals surface area (Å²) in [6.45, 7) is 2.86. The van der Waals surface area contributed by atoms with Crippen molar-refractivity contribution in [2.24, 2.45) is 0 Å². The number of thioether (sulfide) groups is 1. The van der Waals surface area contributed by atoms with Crippen molar-refractivity contribution < 1.29 is 22.4 Å². The van der Waals surface area contributed by atoms with Crippen LogP contribution in [-0.4, -0.2) is 60.0 Å². The van der Waals surface area contributed by atoms with Crippen LogP contribution >= 0.6 is 11.8 Å². The fraction of sp³-hybridized carbons (Fsp3) is 0.269. The summed E-state index contributed by atoms with van der Waals surface area (Å²) in [7, 11) is 1.99. The van der Waals surface area contributed by atoms with Gasteiger partial charge in [0.1, 0.15) is 0 Å². The van der Waals surface area contributed by atoms with Crippen molar-refractivity contribution in [2.75, 3.05) is 49.2 Å². The zero-order chi connectivity index (χ0) is 26.0. The third-order valence-electron chi connectivity index (χ3n) is 6.17. The highest BCUT2D eigenvalue weighted by atomic mass is 32.2. The lowest BCUT2D eigenvalue weighted by Gasteiger charge is -2.35. The zero-order valence-electron chi connectivity index (χ0n) is 20.0. The highest BCUT2D eigenvalue weighted by Crippen LogP contribution is 2.36. The van der Waals surface area contributed by atoms with E-state index in [1.165, 1.54) is 6.07 Å². The minimum absolute atomic E-state index is 0.0994. The number of piperazine rings is 1. The van der Waals surface area contributed by atoms with Crippen LogP contribution in [0.4, 0.5) is 24.5 Å². The molecule has 0 saturated carbocycles. The third-order valence-corrected chi connectivity index (χ3v) is 6.99. The number of benzene rings is 3. The van der Waals surface area contributed by atoms with Crippen LogP contribution in [0, 0.1) is 0 Å². The van der Waals surface area contributed by atoms with Crippen LogP contribution in [0.1, 0.15) is 5.56 Å². The Morgan fingerprint density at radius 2 is 1.76 bits per heavy atom. The first-order chi connectivity index (χ1) is 17.8. The number of nitrogens with one attached hydrogen (secondary N) is 1. The van der Waals surface area contributed by atoms with E-state index in [9.17, 15) is 18.0 Å². The molecule has 1 aliphatic heterocycles. The van der Waals surface area contributed by atoms with Crippen molar-refractivity contribution in [1.82, 2.24) is 15.1 Å². The summed E-state index contributed by atoms with van der Waals surface area (Å²) in [5, 5.41) is 13.0. The number of hydrogen-bond donors (Lipinski definition) is 1. The molecule has 7 nitrogen and oxygen atoms in total. The Balaban J connectivity index is 1.27. The first kappa shape index (κ1) is 25.1. The molecule has 0 spiro atoms. The first-order valence-corrected chi connectivity index (χ1v) is 12.6. The first-order valence-electron chi connectivity index (χ1n) is 11.7. The van der Waals surface area contributed by atoms with E-state index in [4.69, 9.17) is 4.42 Å². The average Bonchev–Trinajstić information content (AvgIpc) is 3.36. The summed E-state index contributed by atoms with van der Waals surface area (Å²) in [6.07, 6.45) is -4.52. The maximum Gasteiger partial charge on any atom is 0.416 e. The minimum Gasteiger partial charge on any atom is -0.411 e. The topological polar surface area (TPSA) is 74.5 Å². The van der Waals surface area contributed by atoms with Gasteiger partial charge in [0.25, 0.3) is 5.22 Å². The van der Waals surface area contributed by atoms with Crippen LogP contribution < -0.4 is 10.2 Å². The smallest absolute Gasteiger partial charge is 0.411 e. The number of hydrogen-bond acceptors (Lipinski definition) is 7. The van der Waals surface area contributed by atoms with E-state index >= 15 is 0 Å². The molecule has 5 rings (SSSR count). The molecule has 0 atom stereocenters. The minimum atomic E-state index is -4.52. The highest BCUT2D eigenvalue weighted by Gasteiger charge is 2.32. The summed E-state index contributed by atoms with van der Waals surface area (Å²) in [4.78, 5) is 16.9. The van der Waals surface area contributed by atoms with Gasteiger partial charge in [0.2, 0.25) is 11.8 Å². The molecule has 4 aromatic rings. The molecular formula is C26H24F3N5O2S. The predicted octanol–water partition coefficient (Wildman–Crippen LogP) is 5.39. The molecule has 1 fully saturated rings. The number of anilines is 2. The zero-order valence-corrected chi connectivity index (χ0v) is 20.8. The van der Waals surface area contributed by atoms with Crippen molar-refractivity contribution in [3.63, 3.8) is 0 Å². The van der Waals surface area contributed by atoms with Gasteiger partial charge in [0.05, 0.1) is 22.7 Å². The lowest BCUT2D eigenvalue weighted by Crippen LogP contribution is -2.44. The van der Waals surface area contributed by atoms with Crippen molar-refractivity contribution in [2.45, 2.75) is 11.4 Å². The number of alkyl halides is 3. The summed E-state index contributed by atoms with van der Waals surface area (Å²) < 4.78 is 45.8. The van der Waals surface area contributed by atoms with Gasteiger partial charge in [-0.05, 0) is 48.2 Å². The molecule has 0 unspecified atom stereocenters. The summed E-state index contributed by atoms with van der Waals surface area (Å²) in [5.74, 6) is -0.244. The molecule has 37 heavy (non-hydrogen) atoms. The van der Waals surface area contributed by atoms with Gasteiger partial charge < -0.3 is 19.5 Å². The van der Waals surface area contributed by atoms with Crippen molar-refractivity contribution in [1.29, 1.82) is 0 Å². The lowest BCUT2D eigenvalue weighted by molar-refractivity contribution is -0.137. The molecule has 1 aromatic heterocycles. The molecular weight excluding hydrogens is 503 g/mol. The number of nitrogens with zero attached hydrogens (tertiary/aromatic N) is 4. The number of carbonyl (C=O) groups excluding carboxylic acids is 1. The number of likely N-dealkylation sites (N-methyl/N-ethyl adjacent to an activating group) is 1. The molecule has 1 N–H and O–H groups in total. The Morgan fingerprint density at radius 1 is 1.00 bits per heavy atom. The highest BCUT2D eigenvalue weighted by molar-refractivity contribution is 7.99. The standard InChI is InChI=1S/C26H24F3N5O2S/c1-33-10-12-34(13-11-33)22-9-8-20(26(27,28)29)15-21(22)30-23(35)16-37-25-32-31-24(36-25)19-7-6-17-4-2-3-5-18(17)14-19/h2-9,14-15H,10-13,16H2,1H3,(H,30,35). The molecule has 2 heterocycles. The summed E-state index contributed by atoms with van der Waals surface area (Å²) in [5.41, 5.74) is 0.636. The number of rotatable bonds is 6. The molecule has 3 aromatic carbocycles. The van der Waals surface area contributed by atoms with E-state index < -0.39 is 17.6 Å². The van der Waals surface area contributed by atoms with E-state index in [2.05, 4.69) is 20.4 Å². The molecule has 0 radical (unpaired) electrons. The van der Waals surface area contributed by atoms with Crippen LogP contribution in [0.3, 0.4) is 0 Å². The number of amides is 1. The largest absolute Gasteiger partial charge is 0.416 e. The SMILES string of the molecule is CN1CCN(c2ccc(C(F)(F)F)cc2NC(=O)CSc2nnc(-c3ccc4ccccc4c3)o2)CC1. The Morgan fingerprint density at radius 3 is 2.51 bits per heavy atom. The molecule has 11 heteroatoms.